The van der Waals surface area contributed by atoms with Gasteiger partial charge in [0.1, 0.15) is 22.8 Å². The number of carboxylic acids is 1. The number of rotatable bonds is 17. The largest absolute Gasteiger partial charge is 0.493 e. The second-order valence-corrected chi connectivity index (χ2v) is 9.55. The van der Waals surface area contributed by atoms with Gasteiger partial charge in [0, 0.05) is 12.0 Å². The number of benzene rings is 2. The van der Waals surface area contributed by atoms with E-state index in [2.05, 4.69) is 6.92 Å². The highest BCUT2D eigenvalue weighted by Gasteiger charge is 2.26. The minimum atomic E-state index is -0.962. The minimum absolute atomic E-state index is 0.234. The van der Waals surface area contributed by atoms with E-state index in [9.17, 15) is 9.90 Å². The average molecular weight is 467 g/mol. The van der Waals surface area contributed by atoms with Gasteiger partial charge in [-0.25, -0.2) is 4.79 Å². The van der Waals surface area contributed by atoms with Crippen LogP contribution in [-0.4, -0.2) is 17.7 Å². The lowest BCUT2D eigenvalue weighted by Crippen LogP contribution is -2.12. The molecule has 0 saturated carbocycles. The zero-order valence-electron chi connectivity index (χ0n) is 20.9. The van der Waals surface area contributed by atoms with Crippen LogP contribution in [-0.2, 0) is 6.42 Å². The lowest BCUT2D eigenvalue weighted by atomic mass is 9.95. The zero-order chi connectivity index (χ0) is 24.0. The number of unbranched alkanes of at least 4 members (excludes halogenated alkanes) is 13. The third kappa shape index (κ3) is 8.07. The van der Waals surface area contributed by atoms with Crippen molar-refractivity contribution in [3.63, 3.8) is 0 Å². The summed E-state index contributed by atoms with van der Waals surface area (Å²) in [6, 6.07) is 11.3. The molecule has 4 heteroatoms. The summed E-state index contributed by atoms with van der Waals surface area (Å²) in [6.07, 6.45) is 18.9. The van der Waals surface area contributed by atoms with E-state index < -0.39 is 5.97 Å². The summed E-state index contributed by atoms with van der Waals surface area (Å²) in [5.41, 5.74) is 1.93. The van der Waals surface area contributed by atoms with Crippen molar-refractivity contribution in [2.24, 2.45) is 0 Å². The summed E-state index contributed by atoms with van der Waals surface area (Å²) in [4.78, 5) is 12.0. The second kappa shape index (κ2) is 14.7. The molecular formula is C30H42O4. The van der Waals surface area contributed by atoms with Crippen LogP contribution in [0, 0.1) is 0 Å². The van der Waals surface area contributed by atoms with Gasteiger partial charge in [-0.15, -0.1) is 0 Å². The highest BCUT2D eigenvalue weighted by atomic mass is 16.5. The summed E-state index contributed by atoms with van der Waals surface area (Å²) < 4.78 is 11.9. The predicted molar refractivity (Wildman–Crippen MR) is 139 cm³/mol. The lowest BCUT2D eigenvalue weighted by Gasteiger charge is -2.23. The van der Waals surface area contributed by atoms with Crippen molar-refractivity contribution in [2.45, 2.75) is 103 Å². The van der Waals surface area contributed by atoms with Gasteiger partial charge in [-0.3, -0.25) is 0 Å². The first-order chi connectivity index (χ1) is 16.7. The van der Waals surface area contributed by atoms with E-state index >= 15 is 0 Å². The van der Waals surface area contributed by atoms with Crippen molar-refractivity contribution >= 4 is 5.97 Å². The van der Waals surface area contributed by atoms with Crippen molar-refractivity contribution in [3.05, 3.63) is 53.1 Å². The number of hydrogen-bond acceptors (Lipinski definition) is 3. The maximum Gasteiger partial charge on any atom is 0.339 e. The molecule has 0 aromatic heterocycles. The van der Waals surface area contributed by atoms with Crippen LogP contribution < -0.4 is 9.47 Å². The van der Waals surface area contributed by atoms with Crippen molar-refractivity contribution in [1.82, 2.24) is 0 Å². The molecule has 186 valence electrons. The number of para-hydroxylation sites is 1. The van der Waals surface area contributed by atoms with E-state index in [4.69, 9.17) is 9.47 Å². The Morgan fingerprint density at radius 3 is 2.00 bits per heavy atom. The first-order valence-electron chi connectivity index (χ1n) is 13.5. The maximum absolute atomic E-state index is 12.0. The van der Waals surface area contributed by atoms with Crippen molar-refractivity contribution < 1.29 is 19.4 Å². The molecule has 0 unspecified atom stereocenters. The Morgan fingerprint density at radius 2 is 1.38 bits per heavy atom. The number of carbonyl (C=O) groups is 1. The Labute approximate surface area is 205 Å². The molecule has 0 fully saturated rings. The normalized spacial score (nSPS) is 12.0. The van der Waals surface area contributed by atoms with Gasteiger partial charge in [-0.2, -0.15) is 0 Å². The molecule has 3 rings (SSSR count). The summed E-state index contributed by atoms with van der Waals surface area (Å²) in [7, 11) is 0. The standard InChI is InChI=1S/C30H42O4/c1-2-3-4-5-6-7-8-9-10-11-12-13-14-17-22-33-28-21-20-27-25(29(28)30(31)32)23-24-18-15-16-19-26(24)34-27/h15-16,18-21H,2-14,17,22-23H2,1H3,(H,31,32). The average Bonchev–Trinajstić information content (AvgIpc) is 2.84. The maximum atomic E-state index is 12.0. The fraction of sp³-hybridized carbons (Fsp3) is 0.567. The summed E-state index contributed by atoms with van der Waals surface area (Å²) in [5.74, 6) is 0.891. The Hall–Kier alpha value is -2.49. The molecule has 4 nitrogen and oxygen atoms in total. The van der Waals surface area contributed by atoms with Gasteiger partial charge in [0.2, 0.25) is 0 Å². The molecule has 0 aliphatic carbocycles. The first kappa shape index (κ1) is 26.1. The van der Waals surface area contributed by atoms with Gasteiger partial charge in [-0.1, -0.05) is 109 Å². The highest BCUT2D eigenvalue weighted by molar-refractivity contribution is 5.94. The van der Waals surface area contributed by atoms with Gasteiger partial charge >= 0.3 is 5.97 Å². The molecule has 0 bridgehead atoms. The third-order valence-corrected chi connectivity index (χ3v) is 6.76. The molecule has 1 heterocycles. The molecule has 1 N–H and O–H groups in total. The molecule has 34 heavy (non-hydrogen) atoms. The molecule has 0 saturated heterocycles. The molecule has 0 spiro atoms. The predicted octanol–water partition coefficient (Wildman–Crippen LogP) is 8.94. The quantitative estimate of drug-likeness (QED) is 0.202. The molecule has 0 radical (unpaired) electrons. The smallest absolute Gasteiger partial charge is 0.339 e. The van der Waals surface area contributed by atoms with Crippen LogP contribution in [0.5, 0.6) is 17.2 Å². The molecule has 0 atom stereocenters. The second-order valence-electron chi connectivity index (χ2n) is 9.55. The highest BCUT2D eigenvalue weighted by Crippen LogP contribution is 2.41. The Kier molecular flexibility index (Phi) is 11.3. The number of carboxylic acid groups (broad SMARTS) is 1. The van der Waals surface area contributed by atoms with Crippen LogP contribution in [0.3, 0.4) is 0 Å². The molecule has 2 aromatic rings. The lowest BCUT2D eigenvalue weighted by molar-refractivity contribution is 0.0690. The van der Waals surface area contributed by atoms with Gasteiger partial charge < -0.3 is 14.6 Å². The number of hydrogen-bond donors (Lipinski definition) is 1. The van der Waals surface area contributed by atoms with Crippen LogP contribution >= 0.6 is 0 Å². The van der Waals surface area contributed by atoms with Gasteiger partial charge in [-0.05, 0) is 30.2 Å². The molecule has 1 aliphatic heterocycles. The van der Waals surface area contributed by atoms with Gasteiger partial charge in [0.25, 0.3) is 0 Å². The van der Waals surface area contributed by atoms with E-state index in [1.807, 2.05) is 30.3 Å². The van der Waals surface area contributed by atoms with E-state index in [1.54, 1.807) is 6.07 Å². The number of fused-ring (bicyclic) bond motifs is 2. The number of aromatic carboxylic acids is 1. The SMILES string of the molecule is CCCCCCCCCCCCCCCCOc1ccc2c(c1C(=O)O)Cc1ccccc1O2. The van der Waals surface area contributed by atoms with Crippen molar-refractivity contribution in [3.8, 4) is 17.2 Å². The summed E-state index contributed by atoms with van der Waals surface area (Å²) >= 11 is 0. The van der Waals surface area contributed by atoms with E-state index in [1.165, 1.54) is 77.0 Å². The van der Waals surface area contributed by atoms with Crippen LogP contribution in [0.25, 0.3) is 0 Å². The van der Waals surface area contributed by atoms with E-state index in [-0.39, 0.29) is 5.56 Å². The van der Waals surface area contributed by atoms with Crippen LogP contribution in [0.4, 0.5) is 0 Å². The van der Waals surface area contributed by atoms with Crippen molar-refractivity contribution in [2.75, 3.05) is 6.61 Å². The zero-order valence-corrected chi connectivity index (χ0v) is 20.9. The van der Waals surface area contributed by atoms with Gasteiger partial charge in [0.15, 0.2) is 0 Å². The molecule has 1 aliphatic rings. The summed E-state index contributed by atoms with van der Waals surface area (Å²) in [5, 5.41) is 9.86. The Morgan fingerprint density at radius 1 is 0.794 bits per heavy atom. The Bertz CT molecular complexity index is 889. The van der Waals surface area contributed by atoms with E-state index in [0.29, 0.717) is 30.1 Å². The third-order valence-electron chi connectivity index (χ3n) is 6.76. The van der Waals surface area contributed by atoms with Crippen molar-refractivity contribution in [1.29, 1.82) is 0 Å². The van der Waals surface area contributed by atoms with Gasteiger partial charge in [0.05, 0.1) is 6.61 Å². The summed E-state index contributed by atoms with van der Waals surface area (Å²) in [6.45, 7) is 2.82. The molecule has 0 amide bonds. The fourth-order valence-corrected chi connectivity index (χ4v) is 4.77. The Balaban J connectivity index is 1.30. The first-order valence-corrected chi connectivity index (χ1v) is 13.5. The van der Waals surface area contributed by atoms with E-state index in [0.717, 1.165) is 24.2 Å². The van der Waals surface area contributed by atoms with Crippen LogP contribution in [0.15, 0.2) is 36.4 Å². The number of ether oxygens (including phenoxy) is 2. The van der Waals surface area contributed by atoms with Crippen LogP contribution in [0.1, 0.15) is 118 Å². The topological polar surface area (TPSA) is 55.8 Å². The monoisotopic (exact) mass is 466 g/mol. The minimum Gasteiger partial charge on any atom is -0.493 e. The molecular weight excluding hydrogens is 424 g/mol. The molecule has 2 aromatic carbocycles. The van der Waals surface area contributed by atoms with Crippen LogP contribution in [0.2, 0.25) is 0 Å². The fourth-order valence-electron chi connectivity index (χ4n) is 4.77.